The molecule has 1 rings (SSSR count). The van der Waals surface area contributed by atoms with E-state index in [9.17, 15) is 8.42 Å². The number of halogens is 1. The lowest BCUT2D eigenvalue weighted by molar-refractivity contribution is 0.211. The molecule has 0 saturated carbocycles. The van der Waals surface area contributed by atoms with Crippen LogP contribution in [-0.2, 0) is 10.0 Å². The van der Waals surface area contributed by atoms with E-state index in [0.29, 0.717) is 24.9 Å². The number of hydrogen-bond acceptors (Lipinski definition) is 2. The SMILES string of the molecule is CC1CCN(S(=O)(=O)C(C)CCl)CC1C. The van der Waals surface area contributed by atoms with Crippen molar-refractivity contribution in [2.24, 2.45) is 11.8 Å². The second-order valence-corrected chi connectivity index (χ2v) is 7.27. The van der Waals surface area contributed by atoms with Crippen LogP contribution in [0.5, 0.6) is 0 Å². The third-order valence-corrected chi connectivity index (χ3v) is 6.26. The summed E-state index contributed by atoms with van der Waals surface area (Å²) in [5.74, 6) is 1.22. The van der Waals surface area contributed by atoms with Crippen LogP contribution in [0, 0.1) is 11.8 Å². The molecule has 1 heterocycles. The molecule has 0 aromatic heterocycles. The van der Waals surface area contributed by atoms with Gasteiger partial charge in [-0.25, -0.2) is 12.7 Å². The first-order valence-corrected chi connectivity index (χ1v) is 7.48. The molecular formula is C10H20ClNO2S. The molecule has 0 amide bonds. The van der Waals surface area contributed by atoms with Gasteiger partial charge in [-0.1, -0.05) is 13.8 Å². The summed E-state index contributed by atoms with van der Waals surface area (Å²) in [6, 6.07) is 0. The molecule has 0 aliphatic carbocycles. The summed E-state index contributed by atoms with van der Waals surface area (Å²) in [6.45, 7) is 7.25. The van der Waals surface area contributed by atoms with Crippen LogP contribution < -0.4 is 0 Å². The number of sulfonamides is 1. The molecule has 0 bridgehead atoms. The molecule has 0 N–H and O–H groups in total. The molecule has 1 aliphatic heterocycles. The van der Waals surface area contributed by atoms with Gasteiger partial charge >= 0.3 is 0 Å². The third-order valence-electron chi connectivity index (χ3n) is 3.38. The number of piperidine rings is 1. The van der Waals surface area contributed by atoms with E-state index >= 15 is 0 Å². The average molecular weight is 254 g/mol. The smallest absolute Gasteiger partial charge is 0.212 e. The standard InChI is InChI=1S/C10H20ClNO2S/c1-8-4-5-12(7-9(8)2)15(13,14)10(3)6-11/h8-10H,4-7H2,1-3H3. The molecule has 0 radical (unpaired) electrons. The van der Waals surface area contributed by atoms with Crippen LogP contribution in [0.2, 0.25) is 0 Å². The van der Waals surface area contributed by atoms with Crippen LogP contribution in [0.4, 0.5) is 0 Å². The molecule has 0 aromatic rings. The first kappa shape index (κ1) is 13.3. The highest BCUT2D eigenvalue weighted by Crippen LogP contribution is 2.25. The molecule has 15 heavy (non-hydrogen) atoms. The van der Waals surface area contributed by atoms with Crippen molar-refractivity contribution >= 4 is 21.6 Å². The highest BCUT2D eigenvalue weighted by Gasteiger charge is 2.33. The summed E-state index contributed by atoms with van der Waals surface area (Å²) in [4.78, 5) is 0. The Morgan fingerprint density at radius 3 is 2.47 bits per heavy atom. The summed E-state index contributed by atoms with van der Waals surface area (Å²) in [5, 5.41) is -0.472. The number of hydrogen-bond donors (Lipinski definition) is 0. The average Bonchev–Trinajstić information content (AvgIpc) is 2.20. The van der Waals surface area contributed by atoms with E-state index in [4.69, 9.17) is 11.6 Å². The molecule has 0 aromatic carbocycles. The lowest BCUT2D eigenvalue weighted by Crippen LogP contribution is -2.45. The fourth-order valence-electron chi connectivity index (χ4n) is 1.79. The van der Waals surface area contributed by atoms with E-state index in [2.05, 4.69) is 13.8 Å². The van der Waals surface area contributed by atoms with Crippen LogP contribution in [0.15, 0.2) is 0 Å². The van der Waals surface area contributed by atoms with Gasteiger partial charge in [0.15, 0.2) is 0 Å². The Morgan fingerprint density at radius 2 is 2.00 bits per heavy atom. The Balaban J connectivity index is 2.73. The summed E-state index contributed by atoms with van der Waals surface area (Å²) in [7, 11) is -3.17. The van der Waals surface area contributed by atoms with Gasteiger partial charge in [-0.15, -0.1) is 11.6 Å². The fraction of sp³-hybridized carbons (Fsp3) is 1.00. The molecule has 90 valence electrons. The van der Waals surface area contributed by atoms with Crippen LogP contribution >= 0.6 is 11.6 Å². The van der Waals surface area contributed by atoms with Crippen molar-refractivity contribution in [1.82, 2.24) is 4.31 Å². The Hall–Kier alpha value is 0.200. The van der Waals surface area contributed by atoms with E-state index in [1.54, 1.807) is 11.2 Å². The molecule has 1 fully saturated rings. The molecule has 0 spiro atoms. The van der Waals surface area contributed by atoms with Crippen LogP contribution in [0.3, 0.4) is 0 Å². The summed E-state index contributed by atoms with van der Waals surface area (Å²) < 4.78 is 25.6. The monoisotopic (exact) mass is 253 g/mol. The fourth-order valence-corrected chi connectivity index (χ4v) is 3.74. The quantitative estimate of drug-likeness (QED) is 0.721. The Kier molecular flexibility index (Phi) is 4.44. The van der Waals surface area contributed by atoms with Gasteiger partial charge < -0.3 is 0 Å². The number of nitrogens with zero attached hydrogens (tertiary/aromatic N) is 1. The molecule has 1 aliphatic rings. The van der Waals surface area contributed by atoms with Gasteiger partial charge in [-0.05, 0) is 25.2 Å². The van der Waals surface area contributed by atoms with Gasteiger partial charge in [-0.2, -0.15) is 0 Å². The highest BCUT2D eigenvalue weighted by molar-refractivity contribution is 7.89. The van der Waals surface area contributed by atoms with Crippen molar-refractivity contribution in [3.63, 3.8) is 0 Å². The van der Waals surface area contributed by atoms with E-state index in [1.165, 1.54) is 0 Å². The van der Waals surface area contributed by atoms with Crippen molar-refractivity contribution < 1.29 is 8.42 Å². The van der Waals surface area contributed by atoms with Crippen molar-refractivity contribution in [3.05, 3.63) is 0 Å². The molecular weight excluding hydrogens is 234 g/mol. The van der Waals surface area contributed by atoms with Gasteiger partial charge in [-0.3, -0.25) is 0 Å². The van der Waals surface area contributed by atoms with Crippen molar-refractivity contribution in [2.75, 3.05) is 19.0 Å². The molecule has 3 nitrogen and oxygen atoms in total. The van der Waals surface area contributed by atoms with Crippen molar-refractivity contribution in [1.29, 1.82) is 0 Å². The maximum Gasteiger partial charge on any atom is 0.217 e. The second-order valence-electron chi connectivity index (χ2n) is 4.61. The minimum atomic E-state index is -3.17. The Labute approximate surface area is 97.8 Å². The zero-order valence-electron chi connectivity index (χ0n) is 9.61. The zero-order chi connectivity index (χ0) is 11.6. The van der Waals surface area contributed by atoms with E-state index < -0.39 is 15.3 Å². The van der Waals surface area contributed by atoms with Gasteiger partial charge in [0.2, 0.25) is 10.0 Å². The third kappa shape index (κ3) is 2.86. The predicted octanol–water partition coefficient (Wildman–Crippen LogP) is 1.92. The lowest BCUT2D eigenvalue weighted by Gasteiger charge is -2.35. The molecule has 1 saturated heterocycles. The van der Waals surface area contributed by atoms with Crippen LogP contribution in [0.1, 0.15) is 27.2 Å². The second kappa shape index (κ2) is 5.02. The molecule has 5 heteroatoms. The van der Waals surface area contributed by atoms with E-state index in [-0.39, 0.29) is 5.88 Å². The van der Waals surface area contributed by atoms with Crippen LogP contribution in [0.25, 0.3) is 0 Å². The first-order chi connectivity index (χ1) is 6.89. The Morgan fingerprint density at radius 1 is 1.40 bits per heavy atom. The van der Waals surface area contributed by atoms with Crippen molar-refractivity contribution in [2.45, 2.75) is 32.4 Å². The minimum Gasteiger partial charge on any atom is -0.212 e. The maximum absolute atomic E-state index is 12.0. The summed E-state index contributed by atoms with van der Waals surface area (Å²) >= 11 is 5.61. The first-order valence-electron chi connectivity index (χ1n) is 5.44. The maximum atomic E-state index is 12.0. The number of alkyl halides is 1. The zero-order valence-corrected chi connectivity index (χ0v) is 11.2. The summed E-state index contributed by atoms with van der Waals surface area (Å²) in [6.07, 6.45) is 0.954. The van der Waals surface area contributed by atoms with Crippen LogP contribution in [-0.4, -0.2) is 36.9 Å². The van der Waals surface area contributed by atoms with E-state index in [0.717, 1.165) is 6.42 Å². The van der Waals surface area contributed by atoms with Gasteiger partial charge in [0.05, 0.1) is 5.25 Å². The number of rotatable bonds is 3. The normalized spacial score (nSPS) is 31.5. The largest absolute Gasteiger partial charge is 0.217 e. The van der Waals surface area contributed by atoms with Crippen molar-refractivity contribution in [3.8, 4) is 0 Å². The topological polar surface area (TPSA) is 37.4 Å². The molecule has 3 atom stereocenters. The summed E-state index contributed by atoms with van der Waals surface area (Å²) in [5.41, 5.74) is 0. The van der Waals surface area contributed by atoms with E-state index in [1.807, 2.05) is 0 Å². The minimum absolute atomic E-state index is 0.169. The predicted molar refractivity (Wildman–Crippen MR) is 63.6 cm³/mol. The lowest BCUT2D eigenvalue weighted by atomic mass is 9.90. The Bertz CT molecular complexity index is 305. The van der Waals surface area contributed by atoms with Gasteiger partial charge in [0, 0.05) is 19.0 Å². The molecule has 3 unspecified atom stereocenters. The van der Waals surface area contributed by atoms with Gasteiger partial charge in [0.25, 0.3) is 0 Å². The van der Waals surface area contributed by atoms with Gasteiger partial charge in [0.1, 0.15) is 0 Å². The highest BCUT2D eigenvalue weighted by atomic mass is 35.5.